The topological polar surface area (TPSA) is 126 Å². The van der Waals surface area contributed by atoms with E-state index in [1.165, 1.54) is 19.1 Å². The molecule has 28 heavy (non-hydrogen) atoms. The van der Waals surface area contributed by atoms with Crippen molar-refractivity contribution in [2.75, 3.05) is 10.6 Å². The van der Waals surface area contributed by atoms with Gasteiger partial charge in [-0.3, -0.25) is 19.9 Å². The first-order chi connectivity index (χ1) is 13.3. The van der Waals surface area contributed by atoms with E-state index in [-0.39, 0.29) is 12.5 Å². The van der Waals surface area contributed by atoms with Crippen LogP contribution in [0.1, 0.15) is 12.5 Å². The number of nitriles is 1. The molecule has 0 bridgehead atoms. The van der Waals surface area contributed by atoms with Crippen molar-refractivity contribution in [2.24, 2.45) is 0 Å². The van der Waals surface area contributed by atoms with Gasteiger partial charge in [-0.05, 0) is 35.9 Å². The molecule has 2 aromatic carbocycles. The molecule has 0 saturated carbocycles. The number of nitrogens with zero attached hydrogens (tertiary/aromatic N) is 2. The van der Waals surface area contributed by atoms with E-state index in [0.717, 1.165) is 4.90 Å². The van der Waals surface area contributed by atoms with Crippen LogP contribution in [0.3, 0.4) is 0 Å². The molecule has 4 amide bonds. The Labute approximate surface area is 166 Å². The number of anilines is 2. The quantitative estimate of drug-likeness (QED) is 0.668. The van der Waals surface area contributed by atoms with E-state index in [4.69, 9.17) is 22.3 Å². The second kappa shape index (κ2) is 9.30. The summed E-state index contributed by atoms with van der Waals surface area (Å²) in [5, 5.41) is 21.9. The van der Waals surface area contributed by atoms with E-state index in [0.29, 0.717) is 22.0 Å². The van der Waals surface area contributed by atoms with Gasteiger partial charge in [-0.1, -0.05) is 29.8 Å². The second-order valence-corrected chi connectivity index (χ2v) is 6.13. The lowest BCUT2D eigenvalue weighted by molar-refractivity contribution is -0.121. The summed E-state index contributed by atoms with van der Waals surface area (Å²) in [5.74, 6) is -1.31. The number of amides is 4. The van der Waals surface area contributed by atoms with Gasteiger partial charge in [0.1, 0.15) is 6.07 Å². The number of imide groups is 1. The lowest BCUT2D eigenvalue weighted by Crippen LogP contribution is -2.42. The Balaban J connectivity index is 2.24. The normalized spacial score (nSPS) is 9.75. The number of carbonyl (C=O) groups excluding carboxylic acids is 3. The first-order valence-corrected chi connectivity index (χ1v) is 8.41. The number of nitrogens with one attached hydrogen (secondary N) is 3. The van der Waals surface area contributed by atoms with Gasteiger partial charge in [-0.25, -0.2) is 4.79 Å². The van der Waals surface area contributed by atoms with Gasteiger partial charge in [0, 0.05) is 23.3 Å². The summed E-state index contributed by atoms with van der Waals surface area (Å²) in [6.45, 7) is 1.20. The van der Waals surface area contributed by atoms with E-state index in [2.05, 4.69) is 10.6 Å². The summed E-state index contributed by atoms with van der Waals surface area (Å²) in [7, 11) is 0. The van der Waals surface area contributed by atoms with E-state index >= 15 is 0 Å². The zero-order valence-electron chi connectivity index (χ0n) is 14.8. The van der Waals surface area contributed by atoms with Gasteiger partial charge in [-0.15, -0.1) is 0 Å². The third kappa shape index (κ3) is 5.65. The number of benzene rings is 2. The Hall–Kier alpha value is -3.70. The molecule has 0 fully saturated rings. The average molecular weight is 398 g/mol. The van der Waals surface area contributed by atoms with Crippen LogP contribution in [0.5, 0.6) is 0 Å². The lowest BCUT2D eigenvalue weighted by Gasteiger charge is -2.20. The summed E-state index contributed by atoms with van der Waals surface area (Å²) in [6, 6.07) is 13.4. The molecule has 0 aliphatic heterocycles. The third-order valence-corrected chi connectivity index (χ3v) is 3.76. The molecule has 9 heteroatoms. The van der Waals surface area contributed by atoms with Crippen LogP contribution in [0.2, 0.25) is 5.02 Å². The van der Waals surface area contributed by atoms with E-state index < -0.39 is 17.6 Å². The Kier molecular flexibility index (Phi) is 6.84. The van der Waals surface area contributed by atoms with Crippen LogP contribution in [0.4, 0.5) is 16.2 Å². The zero-order valence-corrected chi connectivity index (χ0v) is 15.6. The summed E-state index contributed by atoms with van der Waals surface area (Å²) in [4.78, 5) is 36.9. The Morgan fingerprint density at radius 2 is 1.71 bits per heavy atom. The Bertz CT molecular complexity index is 966. The number of rotatable bonds is 5. The highest BCUT2D eigenvalue weighted by molar-refractivity contribution is 6.45. The molecule has 8 nitrogen and oxygen atoms in total. The molecule has 0 atom stereocenters. The minimum absolute atomic E-state index is 0.155. The van der Waals surface area contributed by atoms with Gasteiger partial charge in [0.05, 0.1) is 6.54 Å². The van der Waals surface area contributed by atoms with Crippen LogP contribution in [-0.4, -0.2) is 28.5 Å². The van der Waals surface area contributed by atoms with E-state index in [1.807, 2.05) is 0 Å². The van der Waals surface area contributed by atoms with Crippen molar-refractivity contribution in [3.63, 3.8) is 0 Å². The van der Waals surface area contributed by atoms with Gasteiger partial charge in [0.25, 0.3) is 5.91 Å². The molecule has 2 aromatic rings. The average Bonchev–Trinajstić information content (AvgIpc) is 2.66. The monoisotopic (exact) mass is 397 g/mol. The highest BCUT2D eigenvalue weighted by Gasteiger charge is 2.25. The van der Waals surface area contributed by atoms with Crippen LogP contribution in [0, 0.1) is 16.7 Å². The van der Waals surface area contributed by atoms with Crippen LogP contribution < -0.4 is 10.6 Å². The van der Waals surface area contributed by atoms with Crippen molar-refractivity contribution >= 4 is 46.5 Å². The minimum Gasteiger partial charge on any atom is -0.326 e. The number of carbonyl (C=O) groups is 3. The van der Waals surface area contributed by atoms with E-state index in [9.17, 15) is 14.4 Å². The fourth-order valence-electron chi connectivity index (χ4n) is 2.26. The molecule has 2 rings (SSSR count). The molecular formula is C19H16ClN5O3. The van der Waals surface area contributed by atoms with Crippen molar-refractivity contribution in [2.45, 2.75) is 13.5 Å². The number of urea groups is 1. The molecular weight excluding hydrogens is 382 g/mol. The van der Waals surface area contributed by atoms with Crippen LogP contribution in [0.25, 0.3) is 0 Å². The minimum atomic E-state index is -1.03. The van der Waals surface area contributed by atoms with E-state index in [1.54, 1.807) is 42.5 Å². The number of hydrogen-bond acceptors (Lipinski definition) is 5. The van der Waals surface area contributed by atoms with Crippen molar-refractivity contribution < 1.29 is 14.4 Å². The van der Waals surface area contributed by atoms with Crippen molar-refractivity contribution in [3.8, 4) is 6.07 Å². The molecule has 0 aromatic heterocycles. The molecule has 142 valence electrons. The molecule has 0 unspecified atom stereocenters. The predicted octanol–water partition coefficient (Wildman–Crippen LogP) is 3.40. The molecule has 0 aliphatic rings. The fraction of sp³-hybridized carbons (Fsp3) is 0.105. The molecule has 0 heterocycles. The summed E-state index contributed by atoms with van der Waals surface area (Å²) < 4.78 is 0. The third-order valence-electron chi connectivity index (χ3n) is 3.50. The van der Waals surface area contributed by atoms with Gasteiger partial charge in [-0.2, -0.15) is 5.26 Å². The van der Waals surface area contributed by atoms with Gasteiger partial charge >= 0.3 is 6.03 Å². The van der Waals surface area contributed by atoms with Gasteiger partial charge in [0.15, 0.2) is 5.71 Å². The molecule has 0 spiro atoms. The van der Waals surface area contributed by atoms with Crippen molar-refractivity contribution in [1.82, 2.24) is 4.90 Å². The smallest absolute Gasteiger partial charge is 0.326 e. The first-order valence-electron chi connectivity index (χ1n) is 8.03. The maximum atomic E-state index is 12.7. The highest BCUT2D eigenvalue weighted by atomic mass is 35.5. The summed E-state index contributed by atoms with van der Waals surface area (Å²) in [5.41, 5.74) is 0.515. The van der Waals surface area contributed by atoms with Crippen molar-refractivity contribution in [3.05, 3.63) is 59.1 Å². The predicted molar refractivity (Wildman–Crippen MR) is 105 cm³/mol. The highest BCUT2D eigenvalue weighted by Crippen LogP contribution is 2.17. The molecule has 0 radical (unpaired) electrons. The maximum absolute atomic E-state index is 12.7. The SMILES string of the molecule is CC(=O)Nc1cccc(NC(=O)N(Cc2ccc(Cl)cc2)C(=O)C(=N)C#N)c1. The first kappa shape index (κ1) is 20.6. The standard InChI is InChI=1S/C19H16ClN5O3/c1-12(26)23-15-3-2-4-16(9-15)24-19(28)25(18(27)17(22)10-21)11-13-5-7-14(20)8-6-13/h2-9,22H,11H2,1H3,(H,23,26)(H,24,28). The van der Waals surface area contributed by atoms with Crippen molar-refractivity contribution in [1.29, 1.82) is 10.7 Å². The number of hydrogen-bond donors (Lipinski definition) is 3. The molecule has 3 N–H and O–H groups in total. The second-order valence-electron chi connectivity index (χ2n) is 5.70. The van der Waals surface area contributed by atoms with Crippen LogP contribution >= 0.6 is 11.6 Å². The van der Waals surface area contributed by atoms with Crippen LogP contribution in [0.15, 0.2) is 48.5 Å². The fourth-order valence-corrected chi connectivity index (χ4v) is 2.39. The Morgan fingerprint density at radius 3 is 2.29 bits per heavy atom. The largest absolute Gasteiger partial charge is 0.329 e. The van der Waals surface area contributed by atoms with Gasteiger partial charge in [0.2, 0.25) is 5.91 Å². The van der Waals surface area contributed by atoms with Crippen LogP contribution in [-0.2, 0) is 16.1 Å². The summed E-state index contributed by atoms with van der Waals surface area (Å²) in [6.07, 6.45) is 0. The Morgan fingerprint density at radius 1 is 1.11 bits per heavy atom. The van der Waals surface area contributed by atoms with Gasteiger partial charge < -0.3 is 10.6 Å². The lowest BCUT2D eigenvalue weighted by atomic mass is 10.2. The summed E-state index contributed by atoms with van der Waals surface area (Å²) >= 11 is 5.84. The maximum Gasteiger partial charge on any atom is 0.329 e. The molecule has 0 aliphatic carbocycles. The number of halogens is 1. The zero-order chi connectivity index (χ0) is 20.7. The molecule has 0 saturated heterocycles.